The van der Waals surface area contributed by atoms with Crippen molar-refractivity contribution in [1.29, 1.82) is 0 Å². The van der Waals surface area contributed by atoms with E-state index < -0.39 is 47.9 Å². The van der Waals surface area contributed by atoms with Crippen LogP contribution in [0.1, 0.15) is 45.7 Å². The molecule has 5 atom stereocenters. The summed E-state index contributed by atoms with van der Waals surface area (Å²) >= 11 is 0. The van der Waals surface area contributed by atoms with Crippen molar-refractivity contribution in [3.63, 3.8) is 0 Å². The topological polar surface area (TPSA) is 244 Å². The number of guanidine groups is 1. The number of aromatic nitrogens is 2. The van der Waals surface area contributed by atoms with E-state index in [1.165, 1.54) is 19.4 Å². The average Bonchev–Trinajstić information content (AvgIpc) is 3.32. The first-order valence-electron chi connectivity index (χ1n) is 11.4. The van der Waals surface area contributed by atoms with E-state index in [-0.39, 0.29) is 31.3 Å². The van der Waals surface area contributed by atoms with Crippen molar-refractivity contribution in [3.8, 4) is 0 Å². The molecule has 14 heteroatoms. The van der Waals surface area contributed by atoms with Crippen molar-refractivity contribution in [2.75, 3.05) is 6.54 Å². The molecule has 14 nitrogen and oxygen atoms in total. The predicted molar refractivity (Wildman–Crippen MR) is 129 cm³/mol. The summed E-state index contributed by atoms with van der Waals surface area (Å²) in [5.41, 5.74) is 17.2. The molecule has 0 radical (unpaired) electrons. The van der Waals surface area contributed by atoms with E-state index >= 15 is 0 Å². The summed E-state index contributed by atoms with van der Waals surface area (Å²) in [6.45, 7) is 5.23. The lowest BCUT2D eigenvalue weighted by molar-refractivity contribution is -0.141. The number of aromatic amines is 1. The van der Waals surface area contributed by atoms with Gasteiger partial charge in [-0.05, 0) is 25.7 Å². The van der Waals surface area contributed by atoms with E-state index in [0.717, 1.165) is 0 Å². The summed E-state index contributed by atoms with van der Waals surface area (Å²) in [4.78, 5) is 60.4. The normalized spacial score (nSPS) is 15.1. The molecule has 1 aromatic rings. The first-order chi connectivity index (χ1) is 16.5. The van der Waals surface area contributed by atoms with Gasteiger partial charge in [-0.1, -0.05) is 20.3 Å². The Hall–Kier alpha value is -3.68. The van der Waals surface area contributed by atoms with Gasteiger partial charge in [0, 0.05) is 24.9 Å². The van der Waals surface area contributed by atoms with Gasteiger partial charge >= 0.3 is 5.97 Å². The highest BCUT2D eigenvalue weighted by molar-refractivity contribution is 5.94. The molecule has 11 N–H and O–H groups in total. The van der Waals surface area contributed by atoms with Gasteiger partial charge in [-0.3, -0.25) is 24.2 Å². The largest absolute Gasteiger partial charge is 0.480 e. The van der Waals surface area contributed by atoms with Crippen LogP contribution in [0.25, 0.3) is 0 Å². The smallest absolute Gasteiger partial charge is 0.325 e. The number of aliphatic imine (C=N–C) groups is 1. The van der Waals surface area contributed by atoms with Gasteiger partial charge in [0.2, 0.25) is 17.7 Å². The van der Waals surface area contributed by atoms with Gasteiger partial charge < -0.3 is 43.2 Å². The van der Waals surface area contributed by atoms with Crippen LogP contribution < -0.4 is 33.2 Å². The zero-order valence-corrected chi connectivity index (χ0v) is 20.3. The second kappa shape index (κ2) is 14.6. The third-order valence-corrected chi connectivity index (χ3v) is 5.48. The molecule has 0 saturated heterocycles. The fraction of sp³-hybridized carbons (Fsp3) is 0.619. The summed E-state index contributed by atoms with van der Waals surface area (Å²) in [6.07, 6.45) is 4.13. The van der Waals surface area contributed by atoms with Gasteiger partial charge in [0.05, 0.1) is 12.4 Å². The molecule has 3 amide bonds. The molecule has 0 spiro atoms. The summed E-state index contributed by atoms with van der Waals surface area (Å²) in [5, 5.41) is 16.7. The zero-order valence-electron chi connectivity index (χ0n) is 20.3. The number of carbonyl (C=O) groups excluding carboxylic acids is 3. The molecular weight excluding hydrogens is 458 g/mol. The number of H-pyrrole nitrogens is 1. The minimum atomic E-state index is -1.23. The van der Waals surface area contributed by atoms with Gasteiger partial charge in [-0.15, -0.1) is 0 Å². The van der Waals surface area contributed by atoms with Gasteiger partial charge in [-0.2, -0.15) is 0 Å². The van der Waals surface area contributed by atoms with E-state index in [4.69, 9.17) is 22.3 Å². The second-order valence-electron chi connectivity index (χ2n) is 8.33. The number of carboxylic acid groups (broad SMARTS) is 1. The molecule has 0 fully saturated rings. The number of nitrogens with one attached hydrogen (secondary N) is 4. The second-order valence-corrected chi connectivity index (χ2v) is 8.33. The number of hydrogen-bond donors (Lipinski definition) is 8. The van der Waals surface area contributed by atoms with Crippen LogP contribution in [-0.2, 0) is 25.6 Å². The first-order valence-corrected chi connectivity index (χ1v) is 11.4. The minimum Gasteiger partial charge on any atom is -0.480 e. The molecule has 5 unspecified atom stereocenters. The number of aliphatic carboxylic acids is 1. The van der Waals surface area contributed by atoms with E-state index in [1.807, 2.05) is 13.8 Å². The Labute approximate surface area is 203 Å². The molecule has 35 heavy (non-hydrogen) atoms. The highest BCUT2D eigenvalue weighted by Crippen LogP contribution is 2.08. The van der Waals surface area contributed by atoms with Crippen LogP contribution >= 0.6 is 0 Å². The van der Waals surface area contributed by atoms with Crippen LogP contribution in [0.5, 0.6) is 0 Å². The number of imidazole rings is 1. The molecule has 1 heterocycles. The molecule has 0 aliphatic rings. The van der Waals surface area contributed by atoms with Crippen molar-refractivity contribution >= 4 is 29.7 Å². The van der Waals surface area contributed by atoms with E-state index in [2.05, 4.69) is 30.9 Å². The summed E-state index contributed by atoms with van der Waals surface area (Å²) in [6, 6.07) is -4.16. The van der Waals surface area contributed by atoms with Crippen LogP contribution in [-0.4, -0.2) is 75.4 Å². The Morgan fingerprint density at radius 3 is 2.26 bits per heavy atom. The number of carboxylic acids is 1. The summed E-state index contributed by atoms with van der Waals surface area (Å²) < 4.78 is 0. The van der Waals surface area contributed by atoms with Gasteiger partial charge in [0.1, 0.15) is 18.1 Å². The quantitative estimate of drug-likeness (QED) is 0.0756. The Morgan fingerprint density at radius 1 is 1.09 bits per heavy atom. The molecule has 0 aliphatic heterocycles. The van der Waals surface area contributed by atoms with E-state index in [0.29, 0.717) is 18.5 Å². The Balaban J connectivity index is 3.04. The van der Waals surface area contributed by atoms with E-state index in [1.54, 1.807) is 0 Å². The predicted octanol–water partition coefficient (Wildman–Crippen LogP) is -2.06. The van der Waals surface area contributed by atoms with Crippen molar-refractivity contribution in [2.45, 2.75) is 70.6 Å². The molecule has 1 aromatic heterocycles. The third kappa shape index (κ3) is 10.4. The van der Waals surface area contributed by atoms with Gasteiger partial charge in [0.15, 0.2) is 5.96 Å². The number of nitrogens with two attached hydrogens (primary N) is 3. The Kier molecular flexibility index (Phi) is 12.2. The van der Waals surface area contributed by atoms with Gasteiger partial charge in [-0.25, -0.2) is 4.98 Å². The molecule has 0 aromatic carbocycles. The van der Waals surface area contributed by atoms with Crippen LogP contribution in [0.15, 0.2) is 17.5 Å². The lowest BCUT2D eigenvalue weighted by Crippen LogP contribution is -2.58. The third-order valence-electron chi connectivity index (χ3n) is 5.48. The Bertz CT molecular complexity index is 871. The zero-order chi connectivity index (χ0) is 26.5. The number of carbonyl (C=O) groups is 4. The van der Waals surface area contributed by atoms with E-state index in [9.17, 15) is 19.2 Å². The maximum atomic E-state index is 13.2. The molecular formula is C21H37N9O5. The maximum Gasteiger partial charge on any atom is 0.325 e. The lowest BCUT2D eigenvalue weighted by atomic mass is 9.98. The fourth-order valence-corrected chi connectivity index (χ4v) is 3.03. The monoisotopic (exact) mass is 495 g/mol. The molecule has 1 rings (SSSR count). The lowest BCUT2D eigenvalue weighted by Gasteiger charge is -2.25. The van der Waals surface area contributed by atoms with Crippen molar-refractivity contribution in [1.82, 2.24) is 25.9 Å². The van der Waals surface area contributed by atoms with Crippen molar-refractivity contribution in [2.24, 2.45) is 28.1 Å². The molecule has 0 bridgehead atoms. The number of amides is 3. The average molecular weight is 496 g/mol. The highest BCUT2D eigenvalue weighted by Gasteiger charge is 2.30. The maximum absolute atomic E-state index is 13.2. The van der Waals surface area contributed by atoms with Crippen molar-refractivity contribution < 1.29 is 24.3 Å². The number of hydrogen-bond acceptors (Lipinski definition) is 7. The molecule has 0 aliphatic carbocycles. The number of rotatable bonds is 15. The molecule has 196 valence electrons. The highest BCUT2D eigenvalue weighted by atomic mass is 16.4. The SMILES string of the molecule is CCC(C)C(N)C(=O)NC(Cc1cnc[nH]1)C(=O)NC(CCCN=C(N)N)C(=O)NC(C)C(=O)O. The van der Waals surface area contributed by atoms with Crippen LogP contribution in [0.2, 0.25) is 0 Å². The van der Waals surface area contributed by atoms with Crippen LogP contribution in [0.3, 0.4) is 0 Å². The fourth-order valence-electron chi connectivity index (χ4n) is 3.03. The minimum absolute atomic E-state index is 0.0681. The summed E-state index contributed by atoms with van der Waals surface area (Å²) in [7, 11) is 0. The number of nitrogens with zero attached hydrogens (tertiary/aromatic N) is 2. The standard InChI is InChI=1S/C21H37N9O5/c1-4-11(2)16(22)19(33)30-15(8-13-9-25-10-27-13)18(32)29-14(6-5-7-26-21(23)24)17(31)28-12(3)20(34)35/h9-12,14-16H,4-8,22H2,1-3H3,(H,25,27)(H,28,31)(H,29,32)(H,30,33)(H,34,35)(H4,23,24,26). The summed E-state index contributed by atoms with van der Waals surface area (Å²) in [5.74, 6) is -3.30. The van der Waals surface area contributed by atoms with Crippen LogP contribution in [0.4, 0.5) is 0 Å². The van der Waals surface area contributed by atoms with Crippen molar-refractivity contribution in [3.05, 3.63) is 18.2 Å². The first kappa shape index (κ1) is 29.4. The van der Waals surface area contributed by atoms with Gasteiger partial charge in [0.25, 0.3) is 0 Å². The molecule has 0 saturated carbocycles. The Morgan fingerprint density at radius 2 is 1.71 bits per heavy atom. The van der Waals surface area contributed by atoms with Crippen LogP contribution in [0, 0.1) is 5.92 Å².